The van der Waals surface area contributed by atoms with Gasteiger partial charge in [-0.2, -0.15) is 0 Å². The molecule has 0 amide bonds. The molecule has 0 aliphatic carbocycles. The molecular weight excluding hydrogens is 656 g/mol. The molecule has 0 aliphatic heterocycles. The summed E-state index contributed by atoms with van der Waals surface area (Å²) in [5.74, 6) is -0.124. The Labute approximate surface area is 302 Å². The van der Waals surface area contributed by atoms with Crippen LogP contribution in [-0.4, -0.2) is 171 Å². The molecule has 0 aromatic heterocycles. The van der Waals surface area contributed by atoms with E-state index in [4.69, 9.17) is 61.6 Å². The van der Waals surface area contributed by atoms with Crippen LogP contribution in [0.5, 0.6) is 0 Å². The largest absolute Gasteiger partial charge is 0.463 e. The molecule has 0 bridgehead atoms. The summed E-state index contributed by atoms with van der Waals surface area (Å²) in [5, 5.41) is 0. The molecule has 0 aliphatic rings. The van der Waals surface area contributed by atoms with Gasteiger partial charge in [0.2, 0.25) is 0 Å². The molecular formula is C36H72O14. The predicted molar refractivity (Wildman–Crippen MR) is 189 cm³/mol. The third kappa shape index (κ3) is 39.8. The summed E-state index contributed by atoms with van der Waals surface area (Å²) in [5.41, 5.74) is 0. The molecule has 14 nitrogen and oxygen atoms in total. The summed E-state index contributed by atoms with van der Waals surface area (Å²) in [7, 11) is 0. The molecule has 0 saturated carbocycles. The number of hydrogen-bond donors (Lipinski definition) is 0. The zero-order valence-electron chi connectivity index (χ0n) is 31.7. The van der Waals surface area contributed by atoms with Crippen molar-refractivity contribution in [2.24, 2.45) is 5.92 Å². The van der Waals surface area contributed by atoms with Crippen molar-refractivity contribution in [2.75, 3.05) is 165 Å². The Morgan fingerprint density at radius 1 is 0.340 bits per heavy atom. The average molecular weight is 729 g/mol. The van der Waals surface area contributed by atoms with E-state index in [1.807, 2.05) is 6.92 Å². The molecule has 0 radical (unpaired) electrons. The van der Waals surface area contributed by atoms with Crippen LogP contribution in [0.25, 0.3) is 0 Å². The fourth-order valence-corrected chi connectivity index (χ4v) is 4.03. The normalized spacial score (nSPS) is 12.1. The van der Waals surface area contributed by atoms with Gasteiger partial charge in [0.1, 0.15) is 6.61 Å². The first-order valence-electron chi connectivity index (χ1n) is 18.9. The maximum Gasteiger partial charge on any atom is 0.308 e. The second-order valence-electron chi connectivity index (χ2n) is 11.1. The Morgan fingerprint density at radius 3 is 0.820 bits per heavy atom. The van der Waals surface area contributed by atoms with E-state index in [2.05, 4.69) is 13.8 Å². The Hall–Kier alpha value is -1.01. The molecule has 300 valence electrons. The van der Waals surface area contributed by atoms with Gasteiger partial charge in [-0.15, -0.1) is 0 Å². The number of carbonyl (C=O) groups excluding carboxylic acids is 1. The number of ether oxygens (including phenoxy) is 13. The molecule has 1 unspecified atom stereocenters. The lowest BCUT2D eigenvalue weighted by Crippen LogP contribution is -2.20. The number of unbranched alkanes of at least 4 members (excludes halogenated alkanes) is 2. The number of rotatable bonds is 44. The van der Waals surface area contributed by atoms with Crippen molar-refractivity contribution in [1.29, 1.82) is 0 Å². The molecule has 0 aromatic carbocycles. The monoisotopic (exact) mass is 728 g/mol. The highest BCUT2D eigenvalue weighted by molar-refractivity contribution is 5.72. The van der Waals surface area contributed by atoms with Crippen molar-refractivity contribution in [3.05, 3.63) is 0 Å². The highest BCUT2D eigenvalue weighted by atomic mass is 16.6. The minimum atomic E-state index is -0.120. The van der Waals surface area contributed by atoms with Gasteiger partial charge in [0.25, 0.3) is 0 Å². The minimum Gasteiger partial charge on any atom is -0.463 e. The van der Waals surface area contributed by atoms with Crippen molar-refractivity contribution in [3.8, 4) is 0 Å². The molecule has 0 saturated heterocycles. The molecule has 50 heavy (non-hydrogen) atoms. The fraction of sp³-hybridized carbons (Fsp3) is 0.972. The summed E-state index contributed by atoms with van der Waals surface area (Å²) in [4.78, 5) is 12.0. The molecule has 0 spiro atoms. The first-order valence-corrected chi connectivity index (χ1v) is 18.9. The second kappa shape index (κ2) is 44.2. The Balaban J connectivity index is 3.13. The van der Waals surface area contributed by atoms with Crippen LogP contribution >= 0.6 is 0 Å². The average Bonchev–Trinajstić information content (AvgIpc) is 3.13. The van der Waals surface area contributed by atoms with Crippen molar-refractivity contribution in [1.82, 2.24) is 0 Å². The van der Waals surface area contributed by atoms with Crippen molar-refractivity contribution < 1.29 is 66.4 Å². The van der Waals surface area contributed by atoms with Gasteiger partial charge in [0.15, 0.2) is 0 Å². The van der Waals surface area contributed by atoms with Gasteiger partial charge in [0, 0.05) is 6.61 Å². The second-order valence-corrected chi connectivity index (χ2v) is 11.1. The van der Waals surface area contributed by atoms with Crippen LogP contribution in [0, 0.1) is 5.92 Å². The van der Waals surface area contributed by atoms with E-state index < -0.39 is 0 Å². The van der Waals surface area contributed by atoms with Gasteiger partial charge in [-0.1, -0.05) is 40.0 Å². The van der Waals surface area contributed by atoms with Crippen LogP contribution in [0.15, 0.2) is 0 Å². The zero-order valence-corrected chi connectivity index (χ0v) is 31.7. The maximum atomic E-state index is 12.0. The Morgan fingerprint density at radius 2 is 0.580 bits per heavy atom. The Kier molecular flexibility index (Phi) is 43.3. The number of carbonyl (C=O) groups is 1. The zero-order chi connectivity index (χ0) is 36.3. The molecule has 0 N–H and O–H groups in total. The van der Waals surface area contributed by atoms with Gasteiger partial charge in [0.05, 0.1) is 158 Å². The smallest absolute Gasteiger partial charge is 0.308 e. The minimum absolute atomic E-state index is 0.00399. The first-order chi connectivity index (χ1) is 24.8. The molecule has 0 rings (SSSR count). The number of hydrogen-bond acceptors (Lipinski definition) is 14. The highest BCUT2D eigenvalue weighted by Gasteiger charge is 2.16. The summed E-state index contributed by atoms with van der Waals surface area (Å²) in [6.07, 6.45) is 6.07. The first kappa shape index (κ1) is 49.0. The van der Waals surface area contributed by atoms with E-state index in [0.717, 1.165) is 45.1 Å². The molecule has 14 heteroatoms. The van der Waals surface area contributed by atoms with Crippen molar-refractivity contribution >= 4 is 5.97 Å². The van der Waals surface area contributed by atoms with Crippen molar-refractivity contribution in [2.45, 2.75) is 59.3 Å². The standard InChI is InChI=1S/C36H72O14/c1-4-7-9-35(6-3)36(37)50-34-33-49-32-31-48-30-29-47-28-27-46-26-25-45-24-23-44-22-21-43-20-19-42-18-17-41-16-15-40-14-13-39-12-11-38-10-8-5-2/h35H,4-34H2,1-3H3. The lowest BCUT2D eigenvalue weighted by molar-refractivity contribution is -0.150. The number of esters is 1. The SMILES string of the molecule is CCCCOCCOCCOCCOCCOCCOCCOCCOCCOCCOCCOCCOCCOC(=O)C(CC)CCCC. The van der Waals surface area contributed by atoms with Gasteiger partial charge in [-0.05, 0) is 19.3 Å². The maximum absolute atomic E-state index is 12.0. The lowest BCUT2D eigenvalue weighted by Gasteiger charge is -2.13. The topological polar surface area (TPSA) is 137 Å². The summed E-state index contributed by atoms with van der Waals surface area (Å²) >= 11 is 0. The summed E-state index contributed by atoms with van der Waals surface area (Å²) in [6, 6.07) is 0. The van der Waals surface area contributed by atoms with Gasteiger partial charge < -0.3 is 61.6 Å². The van der Waals surface area contributed by atoms with E-state index in [0.29, 0.717) is 152 Å². The quantitative estimate of drug-likeness (QED) is 0.0665. The van der Waals surface area contributed by atoms with Crippen LogP contribution in [0.1, 0.15) is 59.3 Å². The molecule has 0 heterocycles. The van der Waals surface area contributed by atoms with E-state index >= 15 is 0 Å². The van der Waals surface area contributed by atoms with E-state index in [9.17, 15) is 4.79 Å². The van der Waals surface area contributed by atoms with Crippen molar-refractivity contribution in [3.63, 3.8) is 0 Å². The van der Waals surface area contributed by atoms with Crippen LogP contribution in [0.2, 0.25) is 0 Å². The highest BCUT2D eigenvalue weighted by Crippen LogP contribution is 2.14. The third-order valence-corrected chi connectivity index (χ3v) is 6.94. The van der Waals surface area contributed by atoms with Gasteiger partial charge >= 0.3 is 5.97 Å². The third-order valence-electron chi connectivity index (χ3n) is 6.94. The van der Waals surface area contributed by atoms with Crippen LogP contribution in [0.4, 0.5) is 0 Å². The predicted octanol–water partition coefficient (Wildman–Crippen LogP) is 3.75. The fourth-order valence-electron chi connectivity index (χ4n) is 4.03. The van der Waals surface area contributed by atoms with Crippen LogP contribution < -0.4 is 0 Å². The lowest BCUT2D eigenvalue weighted by atomic mass is 10.00. The van der Waals surface area contributed by atoms with Crippen LogP contribution in [0.3, 0.4) is 0 Å². The van der Waals surface area contributed by atoms with Crippen LogP contribution in [-0.2, 0) is 66.4 Å². The molecule has 1 atom stereocenters. The van der Waals surface area contributed by atoms with E-state index in [1.54, 1.807) is 0 Å². The molecule has 0 fully saturated rings. The van der Waals surface area contributed by atoms with E-state index in [-0.39, 0.29) is 18.5 Å². The molecule has 0 aromatic rings. The summed E-state index contributed by atoms with van der Waals surface area (Å²) < 4.78 is 70.9. The van der Waals surface area contributed by atoms with Gasteiger partial charge in [-0.25, -0.2) is 0 Å². The summed E-state index contributed by atoms with van der Waals surface area (Å²) in [6.45, 7) is 19.1. The Bertz CT molecular complexity index is 646. The van der Waals surface area contributed by atoms with E-state index in [1.165, 1.54) is 0 Å². The van der Waals surface area contributed by atoms with Gasteiger partial charge in [-0.3, -0.25) is 4.79 Å².